The summed E-state index contributed by atoms with van der Waals surface area (Å²) in [6.45, 7) is 2.27. The molecule has 1 aromatic rings. The highest BCUT2D eigenvalue weighted by atomic mass is 35.5. The SMILES string of the molecule is CCN(C1CCCCC1)S(=O)(=O)c1cc(Cl)c(Cl)cc1Cl. The van der Waals surface area contributed by atoms with Gasteiger partial charge in [0.05, 0.1) is 15.1 Å². The number of hydrogen-bond donors (Lipinski definition) is 0. The number of sulfonamides is 1. The third-order valence-corrected chi connectivity index (χ3v) is 7.07. The Bertz CT molecular complexity index is 613. The second-order valence-corrected chi connectivity index (χ2v) is 8.28. The molecule has 118 valence electrons. The largest absolute Gasteiger partial charge is 0.244 e. The first-order valence-electron chi connectivity index (χ1n) is 7.04. The van der Waals surface area contributed by atoms with E-state index in [9.17, 15) is 8.42 Å². The van der Waals surface area contributed by atoms with Crippen molar-refractivity contribution in [3.63, 3.8) is 0 Å². The first-order valence-corrected chi connectivity index (χ1v) is 9.61. The maximum atomic E-state index is 12.9. The van der Waals surface area contributed by atoms with E-state index in [-0.39, 0.29) is 26.0 Å². The van der Waals surface area contributed by atoms with Gasteiger partial charge in [-0.15, -0.1) is 0 Å². The van der Waals surface area contributed by atoms with E-state index < -0.39 is 10.0 Å². The molecule has 0 N–H and O–H groups in total. The predicted octanol–water partition coefficient (Wildman–Crippen LogP) is 4.99. The summed E-state index contributed by atoms with van der Waals surface area (Å²) < 4.78 is 27.3. The monoisotopic (exact) mass is 369 g/mol. The summed E-state index contributed by atoms with van der Waals surface area (Å²) in [6.07, 6.45) is 5.08. The van der Waals surface area contributed by atoms with Gasteiger partial charge in [0, 0.05) is 12.6 Å². The van der Waals surface area contributed by atoms with Crippen molar-refractivity contribution in [2.45, 2.75) is 50.0 Å². The van der Waals surface area contributed by atoms with Gasteiger partial charge in [0.1, 0.15) is 4.90 Å². The summed E-state index contributed by atoms with van der Waals surface area (Å²) in [6, 6.07) is 2.76. The highest BCUT2D eigenvalue weighted by Gasteiger charge is 2.32. The molecule has 0 bridgehead atoms. The molecule has 1 fully saturated rings. The van der Waals surface area contributed by atoms with E-state index in [0.717, 1.165) is 25.7 Å². The number of halogens is 3. The predicted molar refractivity (Wildman–Crippen MR) is 87.9 cm³/mol. The molecule has 0 aliphatic heterocycles. The molecule has 0 heterocycles. The Balaban J connectivity index is 2.41. The van der Waals surface area contributed by atoms with E-state index in [2.05, 4.69) is 0 Å². The maximum Gasteiger partial charge on any atom is 0.244 e. The highest BCUT2D eigenvalue weighted by Crippen LogP contribution is 2.35. The van der Waals surface area contributed by atoms with Gasteiger partial charge in [0.15, 0.2) is 0 Å². The summed E-state index contributed by atoms with van der Waals surface area (Å²) in [4.78, 5) is 0.0333. The molecule has 0 aromatic heterocycles. The second-order valence-electron chi connectivity index (χ2n) is 5.20. The molecular formula is C14H18Cl3NO2S. The fraction of sp³-hybridized carbons (Fsp3) is 0.571. The molecule has 7 heteroatoms. The van der Waals surface area contributed by atoms with Crippen molar-refractivity contribution in [3.8, 4) is 0 Å². The van der Waals surface area contributed by atoms with Gasteiger partial charge >= 0.3 is 0 Å². The summed E-state index contributed by atoms with van der Waals surface area (Å²) >= 11 is 17.9. The van der Waals surface area contributed by atoms with Gasteiger partial charge in [0.2, 0.25) is 10.0 Å². The van der Waals surface area contributed by atoms with E-state index in [4.69, 9.17) is 34.8 Å². The van der Waals surface area contributed by atoms with Gasteiger partial charge < -0.3 is 0 Å². The van der Waals surface area contributed by atoms with Gasteiger partial charge in [0.25, 0.3) is 0 Å². The molecule has 2 rings (SSSR count). The Labute approximate surface area is 141 Å². The molecule has 0 spiro atoms. The minimum absolute atomic E-state index is 0.0333. The van der Waals surface area contributed by atoms with Crippen LogP contribution in [0.15, 0.2) is 17.0 Å². The minimum atomic E-state index is -3.66. The van der Waals surface area contributed by atoms with Crippen molar-refractivity contribution in [3.05, 3.63) is 27.2 Å². The fourth-order valence-electron chi connectivity index (χ4n) is 2.82. The van der Waals surface area contributed by atoms with Crippen molar-refractivity contribution in [2.24, 2.45) is 0 Å². The van der Waals surface area contributed by atoms with Crippen molar-refractivity contribution in [1.82, 2.24) is 4.31 Å². The Morgan fingerprint density at radius 3 is 2.19 bits per heavy atom. The van der Waals surface area contributed by atoms with Crippen molar-refractivity contribution >= 4 is 44.8 Å². The smallest absolute Gasteiger partial charge is 0.207 e. The molecule has 21 heavy (non-hydrogen) atoms. The highest BCUT2D eigenvalue weighted by molar-refractivity contribution is 7.89. The lowest BCUT2D eigenvalue weighted by atomic mass is 9.95. The van der Waals surface area contributed by atoms with Crippen LogP contribution in [0.25, 0.3) is 0 Å². The first-order chi connectivity index (χ1) is 9.87. The normalized spacial score (nSPS) is 17.4. The average Bonchev–Trinajstić information content (AvgIpc) is 2.44. The van der Waals surface area contributed by atoms with Crippen LogP contribution in [0.4, 0.5) is 0 Å². The van der Waals surface area contributed by atoms with Crippen molar-refractivity contribution < 1.29 is 8.42 Å². The van der Waals surface area contributed by atoms with Crippen LogP contribution in [0.3, 0.4) is 0 Å². The van der Waals surface area contributed by atoms with Gasteiger partial charge in [-0.1, -0.05) is 61.0 Å². The zero-order valence-electron chi connectivity index (χ0n) is 11.8. The Morgan fingerprint density at radius 1 is 1.05 bits per heavy atom. The summed E-state index contributed by atoms with van der Waals surface area (Å²) in [5.41, 5.74) is 0. The van der Waals surface area contributed by atoms with Crippen molar-refractivity contribution in [2.75, 3.05) is 6.54 Å². The van der Waals surface area contributed by atoms with Crippen LogP contribution < -0.4 is 0 Å². The quantitative estimate of drug-likeness (QED) is 0.700. The van der Waals surface area contributed by atoms with Crippen molar-refractivity contribution in [1.29, 1.82) is 0 Å². The Kier molecular flexibility index (Phi) is 5.83. The number of hydrogen-bond acceptors (Lipinski definition) is 2. The van der Waals surface area contributed by atoms with Gasteiger partial charge in [-0.25, -0.2) is 8.42 Å². The molecule has 1 aliphatic carbocycles. The van der Waals surface area contributed by atoms with E-state index >= 15 is 0 Å². The van der Waals surface area contributed by atoms with E-state index in [1.54, 1.807) is 0 Å². The number of benzene rings is 1. The third kappa shape index (κ3) is 3.67. The average molecular weight is 371 g/mol. The molecule has 1 aromatic carbocycles. The molecule has 0 amide bonds. The zero-order chi connectivity index (χ0) is 15.6. The number of rotatable bonds is 4. The van der Waals surface area contributed by atoms with Crippen LogP contribution in [0, 0.1) is 0 Å². The maximum absolute atomic E-state index is 12.9. The van der Waals surface area contributed by atoms with Gasteiger partial charge in [-0.05, 0) is 25.0 Å². The molecule has 0 saturated heterocycles. The molecular weight excluding hydrogens is 353 g/mol. The lowest BCUT2D eigenvalue weighted by Crippen LogP contribution is -2.41. The van der Waals surface area contributed by atoms with E-state index in [1.807, 2.05) is 6.92 Å². The van der Waals surface area contributed by atoms with Crippen LogP contribution in [0.5, 0.6) is 0 Å². The van der Waals surface area contributed by atoms with Crippen LogP contribution in [-0.4, -0.2) is 25.3 Å². The summed E-state index contributed by atoms with van der Waals surface area (Å²) in [5, 5.41) is 0.555. The first kappa shape index (κ1) is 17.4. The lowest BCUT2D eigenvalue weighted by molar-refractivity contribution is 0.261. The van der Waals surface area contributed by atoms with E-state index in [0.29, 0.717) is 6.54 Å². The fourth-order valence-corrected chi connectivity index (χ4v) is 5.49. The second kappa shape index (κ2) is 7.05. The number of nitrogens with zero attached hydrogens (tertiary/aromatic N) is 1. The van der Waals surface area contributed by atoms with Gasteiger partial charge in [-0.2, -0.15) is 4.31 Å². The lowest BCUT2D eigenvalue weighted by Gasteiger charge is -2.32. The Morgan fingerprint density at radius 2 is 1.62 bits per heavy atom. The topological polar surface area (TPSA) is 37.4 Å². The molecule has 0 unspecified atom stereocenters. The van der Waals surface area contributed by atoms with Crippen LogP contribution >= 0.6 is 34.8 Å². The molecule has 1 aliphatic rings. The third-order valence-electron chi connectivity index (χ3n) is 3.86. The molecule has 1 saturated carbocycles. The van der Waals surface area contributed by atoms with Gasteiger partial charge in [-0.3, -0.25) is 0 Å². The van der Waals surface area contributed by atoms with E-state index in [1.165, 1.54) is 22.9 Å². The standard InChI is InChI=1S/C14H18Cl3NO2S/c1-2-18(10-6-4-3-5-7-10)21(19,20)14-9-12(16)11(15)8-13(14)17/h8-10H,2-7H2,1H3. The van der Waals surface area contributed by atoms with Crippen LogP contribution in [-0.2, 0) is 10.0 Å². The molecule has 0 atom stereocenters. The Hall–Kier alpha value is -0.000000000000000111. The van der Waals surface area contributed by atoms with Crippen LogP contribution in [0.1, 0.15) is 39.0 Å². The zero-order valence-corrected chi connectivity index (χ0v) is 14.9. The minimum Gasteiger partial charge on any atom is -0.207 e. The molecule has 0 radical (unpaired) electrons. The summed E-state index contributed by atoms with van der Waals surface area (Å²) in [5.74, 6) is 0. The summed E-state index contributed by atoms with van der Waals surface area (Å²) in [7, 11) is -3.66. The molecule has 3 nitrogen and oxygen atoms in total. The van der Waals surface area contributed by atoms with Crippen LogP contribution in [0.2, 0.25) is 15.1 Å².